The highest BCUT2D eigenvalue weighted by atomic mass is 79.9. The molecule has 2 aromatic rings. The molecule has 3 rings (SSSR count). The summed E-state index contributed by atoms with van der Waals surface area (Å²) in [5.74, 6) is -0.858. The zero-order chi connectivity index (χ0) is 14.9. The van der Waals surface area contributed by atoms with Gasteiger partial charge in [0.2, 0.25) is 5.79 Å². The molecule has 0 unspecified atom stereocenters. The van der Waals surface area contributed by atoms with Crippen LogP contribution in [0.25, 0.3) is 0 Å². The number of ether oxygens (including phenoxy) is 2. The summed E-state index contributed by atoms with van der Waals surface area (Å²) in [6, 6.07) is 15.2. The molecule has 0 N–H and O–H groups in total. The van der Waals surface area contributed by atoms with E-state index in [-0.39, 0.29) is 6.10 Å². The lowest BCUT2D eigenvalue weighted by molar-refractivity contribution is -0.157. The minimum absolute atomic E-state index is 0.143. The monoisotopic (exact) mass is 386 g/mol. The first kappa shape index (κ1) is 15.3. The van der Waals surface area contributed by atoms with Crippen molar-refractivity contribution in [2.45, 2.75) is 11.9 Å². The van der Waals surface area contributed by atoms with E-state index in [0.717, 1.165) is 11.1 Å². The van der Waals surface area contributed by atoms with Crippen LogP contribution in [0.4, 0.5) is 0 Å². The van der Waals surface area contributed by atoms with E-state index in [2.05, 4.69) is 15.9 Å². The summed E-state index contributed by atoms with van der Waals surface area (Å²) in [5, 5.41) is 1.85. The highest BCUT2D eigenvalue weighted by Gasteiger charge is 2.44. The molecule has 2 nitrogen and oxygen atoms in total. The molecule has 1 saturated heterocycles. The number of benzene rings is 2. The average Bonchev–Trinajstić information content (AvgIpc) is 2.94. The Morgan fingerprint density at radius 2 is 1.81 bits per heavy atom. The van der Waals surface area contributed by atoms with E-state index in [9.17, 15) is 0 Å². The number of halogens is 3. The maximum Gasteiger partial charge on any atom is 0.207 e. The molecule has 0 bridgehead atoms. The van der Waals surface area contributed by atoms with Gasteiger partial charge < -0.3 is 9.47 Å². The molecule has 5 heteroatoms. The molecule has 1 aliphatic heterocycles. The lowest BCUT2D eigenvalue weighted by Gasteiger charge is -2.27. The van der Waals surface area contributed by atoms with Crippen LogP contribution in [0.3, 0.4) is 0 Å². The maximum atomic E-state index is 6.29. The number of alkyl halides is 1. The Kier molecular flexibility index (Phi) is 4.57. The molecule has 0 aromatic heterocycles. The van der Waals surface area contributed by atoms with Crippen LogP contribution in [-0.2, 0) is 15.3 Å². The maximum absolute atomic E-state index is 6.29. The van der Waals surface area contributed by atoms with Crippen molar-refractivity contribution in [2.24, 2.45) is 0 Å². The van der Waals surface area contributed by atoms with Crippen molar-refractivity contribution in [3.8, 4) is 0 Å². The van der Waals surface area contributed by atoms with E-state index in [1.54, 1.807) is 0 Å². The third kappa shape index (κ3) is 2.99. The molecular weight excluding hydrogens is 375 g/mol. The predicted molar refractivity (Wildman–Crippen MR) is 88.2 cm³/mol. The predicted octanol–water partition coefficient (Wildman–Crippen LogP) is 5.33. The van der Waals surface area contributed by atoms with E-state index in [0.29, 0.717) is 22.0 Å². The van der Waals surface area contributed by atoms with Crippen molar-refractivity contribution in [2.75, 3.05) is 11.9 Å². The topological polar surface area (TPSA) is 18.5 Å². The quantitative estimate of drug-likeness (QED) is 0.662. The Hall–Kier alpha value is -0.580. The van der Waals surface area contributed by atoms with Gasteiger partial charge in [-0.1, -0.05) is 69.5 Å². The molecule has 21 heavy (non-hydrogen) atoms. The molecule has 2 atom stereocenters. The van der Waals surface area contributed by atoms with Gasteiger partial charge in [-0.2, -0.15) is 0 Å². The number of hydrogen-bond acceptors (Lipinski definition) is 2. The Balaban J connectivity index is 1.90. The lowest BCUT2D eigenvalue weighted by Crippen LogP contribution is -2.29. The molecule has 1 heterocycles. The standard InChI is InChI=1S/C16H13BrCl2O2/c17-10-16(13-3-1-2-4-14(13)19)20-9-15(21-16)11-5-7-12(18)8-6-11/h1-8,15H,9-10H2/t15-,16+/m1/s1. The summed E-state index contributed by atoms with van der Waals surface area (Å²) < 4.78 is 12.2. The summed E-state index contributed by atoms with van der Waals surface area (Å²) in [6.07, 6.45) is -0.143. The van der Waals surface area contributed by atoms with Gasteiger partial charge in [-0.15, -0.1) is 0 Å². The van der Waals surface area contributed by atoms with Gasteiger partial charge in [0.25, 0.3) is 0 Å². The number of hydrogen-bond donors (Lipinski definition) is 0. The fourth-order valence-corrected chi connectivity index (χ4v) is 3.41. The summed E-state index contributed by atoms with van der Waals surface area (Å²) in [5.41, 5.74) is 1.87. The van der Waals surface area contributed by atoms with Crippen LogP contribution in [-0.4, -0.2) is 11.9 Å². The van der Waals surface area contributed by atoms with Crippen molar-refractivity contribution in [3.63, 3.8) is 0 Å². The molecule has 2 aromatic carbocycles. The van der Waals surface area contributed by atoms with Gasteiger partial charge >= 0.3 is 0 Å². The normalized spacial score (nSPS) is 25.2. The highest BCUT2D eigenvalue weighted by Crippen LogP contribution is 2.43. The van der Waals surface area contributed by atoms with Crippen molar-refractivity contribution in [1.82, 2.24) is 0 Å². The van der Waals surface area contributed by atoms with Crippen molar-refractivity contribution in [3.05, 3.63) is 69.7 Å². The smallest absolute Gasteiger partial charge is 0.207 e. The van der Waals surface area contributed by atoms with E-state index < -0.39 is 5.79 Å². The largest absolute Gasteiger partial charge is 0.342 e. The van der Waals surface area contributed by atoms with E-state index in [4.69, 9.17) is 32.7 Å². The molecule has 0 spiro atoms. The first-order valence-electron chi connectivity index (χ1n) is 6.53. The first-order chi connectivity index (χ1) is 10.1. The van der Waals surface area contributed by atoms with Gasteiger partial charge in [0.15, 0.2) is 0 Å². The average molecular weight is 388 g/mol. The molecule has 0 radical (unpaired) electrons. The Labute approximate surface area is 142 Å². The van der Waals surface area contributed by atoms with Gasteiger partial charge in [-0.3, -0.25) is 0 Å². The van der Waals surface area contributed by atoms with Crippen molar-refractivity contribution < 1.29 is 9.47 Å². The minimum atomic E-state index is -0.858. The SMILES string of the molecule is Clc1ccc([C@H]2CO[C@](CBr)(c3ccccc3Cl)O2)cc1. The Morgan fingerprint density at radius 1 is 1.10 bits per heavy atom. The zero-order valence-electron chi connectivity index (χ0n) is 11.1. The second-order valence-electron chi connectivity index (χ2n) is 4.84. The summed E-state index contributed by atoms with van der Waals surface area (Å²) >= 11 is 15.7. The van der Waals surface area contributed by atoms with Gasteiger partial charge in [0, 0.05) is 15.6 Å². The van der Waals surface area contributed by atoms with Crippen LogP contribution in [0, 0.1) is 0 Å². The molecule has 0 saturated carbocycles. The van der Waals surface area contributed by atoms with Gasteiger partial charge in [-0.05, 0) is 23.8 Å². The fraction of sp³-hybridized carbons (Fsp3) is 0.250. The minimum Gasteiger partial charge on any atom is -0.342 e. The van der Waals surface area contributed by atoms with Crippen LogP contribution < -0.4 is 0 Å². The Bertz CT molecular complexity index is 632. The van der Waals surface area contributed by atoms with Crippen LogP contribution in [0.15, 0.2) is 48.5 Å². The third-order valence-electron chi connectivity index (χ3n) is 3.50. The van der Waals surface area contributed by atoms with E-state index in [1.807, 2.05) is 48.5 Å². The second kappa shape index (κ2) is 6.27. The molecule has 110 valence electrons. The lowest BCUT2D eigenvalue weighted by atomic mass is 10.1. The summed E-state index contributed by atoms with van der Waals surface area (Å²) in [7, 11) is 0. The second-order valence-corrected chi connectivity index (χ2v) is 6.24. The van der Waals surface area contributed by atoms with Gasteiger partial charge in [-0.25, -0.2) is 0 Å². The summed E-state index contributed by atoms with van der Waals surface area (Å²) in [4.78, 5) is 0. The number of rotatable bonds is 3. The van der Waals surface area contributed by atoms with Crippen LogP contribution in [0.5, 0.6) is 0 Å². The fourth-order valence-electron chi connectivity index (χ4n) is 2.40. The van der Waals surface area contributed by atoms with Crippen LogP contribution >= 0.6 is 39.1 Å². The van der Waals surface area contributed by atoms with Crippen LogP contribution in [0.1, 0.15) is 17.2 Å². The third-order valence-corrected chi connectivity index (χ3v) is 4.82. The summed E-state index contributed by atoms with van der Waals surface area (Å²) in [6.45, 7) is 0.471. The molecule has 0 amide bonds. The van der Waals surface area contributed by atoms with Crippen LogP contribution in [0.2, 0.25) is 10.0 Å². The molecule has 1 fully saturated rings. The van der Waals surface area contributed by atoms with E-state index in [1.165, 1.54) is 0 Å². The zero-order valence-corrected chi connectivity index (χ0v) is 14.2. The van der Waals surface area contributed by atoms with Crippen molar-refractivity contribution >= 4 is 39.1 Å². The molecular formula is C16H13BrCl2O2. The van der Waals surface area contributed by atoms with E-state index >= 15 is 0 Å². The molecule has 1 aliphatic rings. The highest BCUT2D eigenvalue weighted by molar-refractivity contribution is 9.09. The van der Waals surface area contributed by atoms with Gasteiger partial charge in [0.1, 0.15) is 6.10 Å². The molecule has 0 aliphatic carbocycles. The van der Waals surface area contributed by atoms with Gasteiger partial charge in [0.05, 0.1) is 11.9 Å². The first-order valence-corrected chi connectivity index (χ1v) is 8.40. The van der Waals surface area contributed by atoms with Crippen molar-refractivity contribution in [1.29, 1.82) is 0 Å². The Morgan fingerprint density at radius 3 is 2.48 bits per heavy atom.